The Kier molecular flexibility index (Phi) is 2.50. The molecule has 0 bridgehead atoms. The summed E-state index contributed by atoms with van der Waals surface area (Å²) in [7, 11) is 0. The Bertz CT molecular complexity index is 178. The predicted molar refractivity (Wildman–Crippen MR) is 57.4 cm³/mol. The van der Waals surface area contributed by atoms with Crippen molar-refractivity contribution in [3.8, 4) is 0 Å². The van der Waals surface area contributed by atoms with Gasteiger partial charge in [0.05, 0.1) is 0 Å². The molecule has 78 valence electrons. The van der Waals surface area contributed by atoms with Crippen LogP contribution in [0, 0.1) is 5.41 Å². The minimum absolute atomic E-state index is 0.0365. The van der Waals surface area contributed by atoms with E-state index < -0.39 is 0 Å². The molecule has 0 spiro atoms. The van der Waals surface area contributed by atoms with Crippen LogP contribution in [-0.4, -0.2) is 11.1 Å². The zero-order valence-corrected chi connectivity index (χ0v) is 9.48. The summed E-state index contributed by atoms with van der Waals surface area (Å²) in [6.45, 7) is 8.84. The van der Waals surface area contributed by atoms with Gasteiger partial charge in [0, 0.05) is 11.1 Å². The molecule has 2 heteroatoms. The first-order valence-electron chi connectivity index (χ1n) is 5.26. The zero-order valence-electron chi connectivity index (χ0n) is 9.48. The molecule has 1 saturated carbocycles. The smallest absolute Gasteiger partial charge is 0.0174 e. The fraction of sp³-hybridized carbons (Fsp3) is 1.00. The molecule has 0 saturated heterocycles. The molecule has 0 aromatic rings. The van der Waals surface area contributed by atoms with Crippen molar-refractivity contribution in [1.29, 1.82) is 0 Å². The SMILES string of the molecule is CCC1(N)CC(C)(C)CC(C)(N)C1. The summed E-state index contributed by atoms with van der Waals surface area (Å²) in [5.41, 5.74) is 12.7. The van der Waals surface area contributed by atoms with E-state index in [1.54, 1.807) is 0 Å². The second-order valence-corrected chi connectivity index (χ2v) is 6.06. The number of hydrogen-bond acceptors (Lipinski definition) is 2. The number of nitrogens with two attached hydrogens (primary N) is 2. The third-order valence-electron chi connectivity index (χ3n) is 3.17. The van der Waals surface area contributed by atoms with Gasteiger partial charge in [-0.05, 0) is 38.0 Å². The molecule has 1 aliphatic rings. The van der Waals surface area contributed by atoms with E-state index in [0.717, 1.165) is 25.7 Å². The van der Waals surface area contributed by atoms with Crippen molar-refractivity contribution in [2.24, 2.45) is 16.9 Å². The van der Waals surface area contributed by atoms with Crippen LogP contribution in [0.1, 0.15) is 53.4 Å². The molecule has 0 aromatic carbocycles. The second kappa shape index (κ2) is 2.96. The average Bonchev–Trinajstić information content (AvgIpc) is 1.79. The van der Waals surface area contributed by atoms with Gasteiger partial charge in [-0.25, -0.2) is 0 Å². The maximum Gasteiger partial charge on any atom is 0.0174 e. The lowest BCUT2D eigenvalue weighted by Gasteiger charge is -2.50. The first-order valence-corrected chi connectivity index (χ1v) is 5.26. The summed E-state index contributed by atoms with van der Waals surface area (Å²) in [6.07, 6.45) is 4.17. The van der Waals surface area contributed by atoms with Gasteiger partial charge in [-0.2, -0.15) is 0 Å². The van der Waals surface area contributed by atoms with Crippen LogP contribution in [-0.2, 0) is 0 Å². The van der Waals surface area contributed by atoms with Gasteiger partial charge >= 0.3 is 0 Å². The first kappa shape index (κ1) is 11.0. The van der Waals surface area contributed by atoms with Crippen LogP contribution >= 0.6 is 0 Å². The molecule has 13 heavy (non-hydrogen) atoms. The van der Waals surface area contributed by atoms with Gasteiger partial charge in [0.2, 0.25) is 0 Å². The van der Waals surface area contributed by atoms with Crippen molar-refractivity contribution in [3.63, 3.8) is 0 Å². The van der Waals surface area contributed by atoms with Crippen LogP contribution in [0.15, 0.2) is 0 Å². The molecular formula is C11H24N2. The lowest BCUT2D eigenvalue weighted by atomic mass is 9.61. The summed E-state index contributed by atoms with van der Waals surface area (Å²) in [6, 6.07) is 0. The van der Waals surface area contributed by atoms with Crippen LogP contribution in [0.5, 0.6) is 0 Å². The van der Waals surface area contributed by atoms with E-state index in [-0.39, 0.29) is 11.1 Å². The van der Waals surface area contributed by atoms with Gasteiger partial charge in [0.1, 0.15) is 0 Å². The van der Waals surface area contributed by atoms with E-state index >= 15 is 0 Å². The molecular weight excluding hydrogens is 160 g/mol. The molecule has 0 radical (unpaired) electrons. The van der Waals surface area contributed by atoms with Gasteiger partial charge in [0.25, 0.3) is 0 Å². The van der Waals surface area contributed by atoms with Gasteiger partial charge in [0.15, 0.2) is 0 Å². The van der Waals surface area contributed by atoms with Crippen LogP contribution in [0.4, 0.5) is 0 Å². The van der Waals surface area contributed by atoms with Gasteiger partial charge in [-0.1, -0.05) is 20.8 Å². The van der Waals surface area contributed by atoms with E-state index in [0.29, 0.717) is 5.41 Å². The summed E-state index contributed by atoms with van der Waals surface area (Å²) in [4.78, 5) is 0. The maximum atomic E-state index is 6.33. The van der Waals surface area contributed by atoms with Crippen molar-refractivity contribution in [2.75, 3.05) is 0 Å². The Hall–Kier alpha value is -0.0800. The van der Waals surface area contributed by atoms with E-state index in [2.05, 4.69) is 27.7 Å². The highest BCUT2D eigenvalue weighted by atomic mass is 14.8. The molecule has 2 unspecified atom stereocenters. The second-order valence-electron chi connectivity index (χ2n) is 6.06. The Labute approximate surface area is 82.1 Å². The fourth-order valence-electron chi connectivity index (χ4n) is 3.29. The fourth-order valence-corrected chi connectivity index (χ4v) is 3.29. The molecule has 0 aromatic heterocycles. The Balaban J connectivity index is 2.84. The average molecular weight is 184 g/mol. The molecule has 4 N–H and O–H groups in total. The molecule has 0 aliphatic heterocycles. The largest absolute Gasteiger partial charge is 0.325 e. The summed E-state index contributed by atoms with van der Waals surface area (Å²) >= 11 is 0. The monoisotopic (exact) mass is 184 g/mol. The van der Waals surface area contributed by atoms with Crippen molar-refractivity contribution in [3.05, 3.63) is 0 Å². The molecule has 1 aliphatic carbocycles. The third kappa shape index (κ3) is 2.68. The highest BCUT2D eigenvalue weighted by molar-refractivity contribution is 5.03. The predicted octanol–water partition coefficient (Wildman–Crippen LogP) is 2.02. The molecule has 2 atom stereocenters. The molecule has 0 heterocycles. The van der Waals surface area contributed by atoms with Crippen LogP contribution in [0.2, 0.25) is 0 Å². The highest BCUT2D eigenvalue weighted by Crippen LogP contribution is 2.44. The molecule has 2 nitrogen and oxygen atoms in total. The quantitative estimate of drug-likeness (QED) is 0.655. The Morgan fingerprint density at radius 2 is 1.54 bits per heavy atom. The number of hydrogen-bond donors (Lipinski definition) is 2. The van der Waals surface area contributed by atoms with Crippen molar-refractivity contribution < 1.29 is 0 Å². The van der Waals surface area contributed by atoms with E-state index in [4.69, 9.17) is 11.5 Å². The van der Waals surface area contributed by atoms with Crippen molar-refractivity contribution in [1.82, 2.24) is 0 Å². The van der Waals surface area contributed by atoms with Crippen LogP contribution in [0.25, 0.3) is 0 Å². The normalized spacial score (nSPS) is 44.8. The van der Waals surface area contributed by atoms with Crippen LogP contribution in [0.3, 0.4) is 0 Å². The lowest BCUT2D eigenvalue weighted by Crippen LogP contribution is -2.58. The topological polar surface area (TPSA) is 52.0 Å². The minimum Gasteiger partial charge on any atom is -0.325 e. The highest BCUT2D eigenvalue weighted by Gasteiger charge is 2.44. The Morgan fingerprint density at radius 1 is 1.00 bits per heavy atom. The standard InChI is InChI=1S/C11H24N2/c1-5-11(13)7-9(2,3)6-10(4,12)8-11/h5-8,12-13H2,1-4H3. The van der Waals surface area contributed by atoms with E-state index in [1.807, 2.05) is 0 Å². The Morgan fingerprint density at radius 3 is 1.92 bits per heavy atom. The molecule has 0 amide bonds. The molecule has 1 rings (SSSR count). The summed E-state index contributed by atoms with van der Waals surface area (Å²) < 4.78 is 0. The number of rotatable bonds is 1. The van der Waals surface area contributed by atoms with E-state index in [9.17, 15) is 0 Å². The summed E-state index contributed by atoms with van der Waals surface area (Å²) in [5.74, 6) is 0. The van der Waals surface area contributed by atoms with Crippen molar-refractivity contribution >= 4 is 0 Å². The summed E-state index contributed by atoms with van der Waals surface area (Å²) in [5, 5.41) is 0. The maximum absolute atomic E-state index is 6.33. The van der Waals surface area contributed by atoms with Crippen molar-refractivity contribution in [2.45, 2.75) is 64.5 Å². The minimum atomic E-state index is -0.0769. The van der Waals surface area contributed by atoms with Gasteiger partial charge in [-0.3, -0.25) is 0 Å². The zero-order chi connectivity index (χ0) is 10.3. The van der Waals surface area contributed by atoms with Gasteiger partial charge in [-0.15, -0.1) is 0 Å². The lowest BCUT2D eigenvalue weighted by molar-refractivity contribution is 0.0857. The van der Waals surface area contributed by atoms with Gasteiger partial charge < -0.3 is 11.5 Å². The van der Waals surface area contributed by atoms with E-state index in [1.165, 1.54) is 0 Å². The first-order chi connectivity index (χ1) is 5.68. The van der Waals surface area contributed by atoms with Crippen LogP contribution < -0.4 is 11.5 Å². The third-order valence-corrected chi connectivity index (χ3v) is 3.17. The molecule has 1 fully saturated rings.